The lowest BCUT2D eigenvalue weighted by Crippen LogP contribution is -2.28. The number of rotatable bonds is 4. The number of carbonyl (C=O) groups is 1. The number of aromatic amines is 1. The van der Waals surface area contributed by atoms with Gasteiger partial charge in [0.25, 0.3) is 0 Å². The van der Waals surface area contributed by atoms with E-state index in [0.29, 0.717) is 19.6 Å². The van der Waals surface area contributed by atoms with Crippen molar-refractivity contribution in [2.24, 2.45) is 0 Å². The first-order valence-corrected chi connectivity index (χ1v) is 8.44. The normalized spacial score (nSPS) is 14.3. The smallest absolute Gasteiger partial charge is 0.224 e. The van der Waals surface area contributed by atoms with Gasteiger partial charge >= 0.3 is 0 Å². The van der Waals surface area contributed by atoms with Gasteiger partial charge in [-0.15, -0.1) is 0 Å². The highest BCUT2D eigenvalue weighted by molar-refractivity contribution is 5.89. The van der Waals surface area contributed by atoms with E-state index in [-0.39, 0.29) is 11.9 Å². The number of aromatic nitrogens is 1. The van der Waals surface area contributed by atoms with Gasteiger partial charge in [0, 0.05) is 17.1 Å². The third-order valence-electron chi connectivity index (χ3n) is 4.47. The predicted molar refractivity (Wildman–Crippen MR) is 96.0 cm³/mol. The quantitative estimate of drug-likeness (QED) is 0.768. The van der Waals surface area contributed by atoms with E-state index >= 15 is 0 Å². The fourth-order valence-corrected chi connectivity index (χ4v) is 3.16. The molecule has 2 N–H and O–H groups in total. The van der Waals surface area contributed by atoms with E-state index in [4.69, 9.17) is 9.47 Å². The Labute approximate surface area is 146 Å². The summed E-state index contributed by atoms with van der Waals surface area (Å²) in [6, 6.07) is 13.7. The van der Waals surface area contributed by atoms with Crippen LogP contribution in [0.1, 0.15) is 24.1 Å². The predicted octanol–water partition coefficient (Wildman–Crippen LogP) is 3.36. The van der Waals surface area contributed by atoms with Gasteiger partial charge in [-0.2, -0.15) is 0 Å². The second-order valence-corrected chi connectivity index (χ2v) is 6.23. The topological polar surface area (TPSA) is 63.4 Å². The van der Waals surface area contributed by atoms with Crippen LogP contribution in [-0.2, 0) is 11.2 Å². The Kier molecular flexibility index (Phi) is 4.06. The van der Waals surface area contributed by atoms with Gasteiger partial charge in [-0.05, 0) is 36.2 Å². The molecular formula is C20H20N2O3. The molecule has 25 heavy (non-hydrogen) atoms. The summed E-state index contributed by atoms with van der Waals surface area (Å²) in [6.45, 7) is 3.10. The van der Waals surface area contributed by atoms with Crippen LogP contribution in [0.2, 0.25) is 0 Å². The Balaban J connectivity index is 1.45. The third kappa shape index (κ3) is 3.18. The van der Waals surface area contributed by atoms with Crippen LogP contribution in [0.3, 0.4) is 0 Å². The Morgan fingerprint density at radius 1 is 1.16 bits per heavy atom. The van der Waals surface area contributed by atoms with Gasteiger partial charge in [-0.3, -0.25) is 4.79 Å². The zero-order valence-corrected chi connectivity index (χ0v) is 14.0. The number of hydrogen-bond donors (Lipinski definition) is 2. The first-order chi connectivity index (χ1) is 12.2. The molecule has 2 aromatic carbocycles. The van der Waals surface area contributed by atoms with E-state index in [2.05, 4.69) is 10.3 Å². The van der Waals surface area contributed by atoms with E-state index in [1.54, 1.807) is 0 Å². The molecule has 0 spiro atoms. The Bertz CT molecular complexity index is 916. The lowest BCUT2D eigenvalue weighted by Gasteiger charge is -2.21. The van der Waals surface area contributed by atoms with Crippen LogP contribution in [0.25, 0.3) is 10.9 Å². The molecule has 0 radical (unpaired) electrons. The summed E-state index contributed by atoms with van der Waals surface area (Å²) in [4.78, 5) is 15.6. The number of ether oxygens (including phenoxy) is 2. The van der Waals surface area contributed by atoms with Crippen LogP contribution in [0, 0.1) is 0 Å². The van der Waals surface area contributed by atoms with Crippen molar-refractivity contribution < 1.29 is 14.3 Å². The molecule has 0 saturated carbocycles. The summed E-state index contributed by atoms with van der Waals surface area (Å²) >= 11 is 0. The molecule has 0 saturated heterocycles. The number of para-hydroxylation sites is 1. The van der Waals surface area contributed by atoms with E-state index in [1.807, 2.05) is 55.6 Å². The van der Waals surface area contributed by atoms with Crippen molar-refractivity contribution in [1.29, 1.82) is 0 Å². The van der Waals surface area contributed by atoms with Gasteiger partial charge < -0.3 is 19.8 Å². The maximum atomic E-state index is 12.4. The maximum Gasteiger partial charge on any atom is 0.224 e. The molecule has 0 aliphatic carbocycles. The van der Waals surface area contributed by atoms with Crippen molar-refractivity contribution in [3.63, 3.8) is 0 Å². The van der Waals surface area contributed by atoms with E-state index in [1.165, 1.54) is 0 Å². The van der Waals surface area contributed by atoms with Crippen molar-refractivity contribution in [3.8, 4) is 11.5 Å². The van der Waals surface area contributed by atoms with Crippen LogP contribution in [0.4, 0.5) is 0 Å². The number of amides is 1. The van der Waals surface area contributed by atoms with Crippen molar-refractivity contribution in [2.45, 2.75) is 19.4 Å². The summed E-state index contributed by atoms with van der Waals surface area (Å²) in [5, 5.41) is 4.14. The molecule has 1 unspecified atom stereocenters. The summed E-state index contributed by atoms with van der Waals surface area (Å²) in [5.74, 6) is 1.49. The van der Waals surface area contributed by atoms with Crippen LogP contribution in [0.15, 0.2) is 48.7 Å². The zero-order valence-electron chi connectivity index (χ0n) is 14.0. The summed E-state index contributed by atoms with van der Waals surface area (Å²) in [5.41, 5.74) is 3.05. The third-order valence-corrected chi connectivity index (χ3v) is 4.47. The SMILES string of the molecule is CC(NC(=O)Cc1c[nH]c2ccccc12)c1ccc2c(c1)OCCO2. The zero-order chi connectivity index (χ0) is 17.2. The highest BCUT2D eigenvalue weighted by Gasteiger charge is 2.16. The Morgan fingerprint density at radius 3 is 2.84 bits per heavy atom. The average Bonchev–Trinajstić information content (AvgIpc) is 3.04. The van der Waals surface area contributed by atoms with Crippen molar-refractivity contribution in [2.75, 3.05) is 13.2 Å². The standard InChI is InChI=1S/C20H20N2O3/c1-13(14-6-7-18-19(10-14)25-9-8-24-18)22-20(23)11-15-12-21-17-5-3-2-4-16(15)17/h2-7,10,12-13,21H,8-9,11H2,1H3,(H,22,23). The van der Waals surface area contributed by atoms with Crippen molar-refractivity contribution >= 4 is 16.8 Å². The molecule has 0 fully saturated rings. The summed E-state index contributed by atoms with van der Waals surface area (Å²) in [6.07, 6.45) is 2.25. The monoisotopic (exact) mass is 336 g/mol. The molecule has 1 aromatic heterocycles. The lowest BCUT2D eigenvalue weighted by atomic mass is 10.1. The van der Waals surface area contributed by atoms with Gasteiger partial charge in [0.2, 0.25) is 5.91 Å². The summed E-state index contributed by atoms with van der Waals surface area (Å²) < 4.78 is 11.1. The maximum absolute atomic E-state index is 12.4. The van der Waals surface area contributed by atoms with E-state index < -0.39 is 0 Å². The van der Waals surface area contributed by atoms with Gasteiger partial charge in [-0.25, -0.2) is 0 Å². The van der Waals surface area contributed by atoms with Gasteiger partial charge in [0.05, 0.1) is 12.5 Å². The number of benzene rings is 2. The van der Waals surface area contributed by atoms with Gasteiger partial charge in [0.15, 0.2) is 11.5 Å². The van der Waals surface area contributed by atoms with Crippen molar-refractivity contribution in [1.82, 2.24) is 10.3 Å². The summed E-state index contributed by atoms with van der Waals surface area (Å²) in [7, 11) is 0. The number of H-pyrrole nitrogens is 1. The molecule has 1 aliphatic heterocycles. The van der Waals surface area contributed by atoms with Crippen molar-refractivity contribution in [3.05, 3.63) is 59.8 Å². The minimum absolute atomic E-state index is 0.00728. The molecular weight excluding hydrogens is 316 g/mol. The number of nitrogens with one attached hydrogen (secondary N) is 2. The Morgan fingerprint density at radius 2 is 1.96 bits per heavy atom. The van der Waals surface area contributed by atoms with E-state index in [9.17, 15) is 4.79 Å². The molecule has 1 aliphatic rings. The second-order valence-electron chi connectivity index (χ2n) is 6.23. The molecule has 128 valence electrons. The van der Waals surface area contributed by atoms with Crippen LogP contribution >= 0.6 is 0 Å². The Hall–Kier alpha value is -2.95. The minimum Gasteiger partial charge on any atom is -0.486 e. The van der Waals surface area contributed by atoms with Gasteiger partial charge in [0.1, 0.15) is 13.2 Å². The largest absolute Gasteiger partial charge is 0.486 e. The first kappa shape index (κ1) is 15.6. The molecule has 4 rings (SSSR count). The number of fused-ring (bicyclic) bond motifs is 2. The van der Waals surface area contributed by atoms with E-state index in [0.717, 1.165) is 33.5 Å². The van der Waals surface area contributed by atoms with Crippen LogP contribution in [-0.4, -0.2) is 24.1 Å². The second kappa shape index (κ2) is 6.51. The fraction of sp³-hybridized carbons (Fsp3) is 0.250. The molecule has 1 atom stereocenters. The highest BCUT2D eigenvalue weighted by Crippen LogP contribution is 2.32. The number of carbonyl (C=O) groups excluding carboxylic acids is 1. The highest BCUT2D eigenvalue weighted by atomic mass is 16.6. The molecule has 2 heterocycles. The first-order valence-electron chi connectivity index (χ1n) is 8.44. The molecule has 5 heteroatoms. The van der Waals surface area contributed by atoms with Crippen LogP contribution in [0.5, 0.6) is 11.5 Å². The number of hydrogen-bond acceptors (Lipinski definition) is 3. The molecule has 0 bridgehead atoms. The lowest BCUT2D eigenvalue weighted by molar-refractivity contribution is -0.121. The van der Waals surface area contributed by atoms with Gasteiger partial charge in [-0.1, -0.05) is 24.3 Å². The minimum atomic E-state index is -0.103. The molecule has 5 nitrogen and oxygen atoms in total. The fourth-order valence-electron chi connectivity index (χ4n) is 3.16. The average molecular weight is 336 g/mol. The van der Waals surface area contributed by atoms with Crippen LogP contribution < -0.4 is 14.8 Å². The molecule has 3 aromatic rings. The molecule has 1 amide bonds.